The van der Waals surface area contributed by atoms with E-state index >= 15 is 0 Å². The third-order valence-corrected chi connectivity index (χ3v) is 7.36. The van der Waals surface area contributed by atoms with Gasteiger partial charge in [-0.15, -0.1) is 0 Å². The van der Waals surface area contributed by atoms with Crippen molar-refractivity contribution in [1.29, 1.82) is 0 Å². The molecule has 3 heterocycles. The molecule has 3 saturated heterocycles. The first-order valence-corrected chi connectivity index (χ1v) is 10.4. The number of carbonyl (C=O) groups is 2. The SMILES string of the molecule is COCCN1CC2(CCN(C(=O)c3cccc(F)c3)CC2)C2(CCN(C)C2=O)C1. The number of fused-ring (bicyclic) bond motifs is 1. The van der Waals surface area contributed by atoms with Gasteiger partial charge in [-0.3, -0.25) is 14.5 Å². The van der Waals surface area contributed by atoms with Crippen LogP contribution in [0.3, 0.4) is 0 Å². The smallest absolute Gasteiger partial charge is 0.253 e. The predicted molar refractivity (Wildman–Crippen MR) is 107 cm³/mol. The molecule has 0 bridgehead atoms. The number of amides is 2. The molecule has 2 spiro atoms. The maximum absolute atomic E-state index is 13.5. The number of hydrogen-bond acceptors (Lipinski definition) is 4. The number of carbonyl (C=O) groups excluding carboxylic acids is 2. The number of likely N-dealkylation sites (tertiary alicyclic amines) is 3. The fourth-order valence-electron chi connectivity index (χ4n) is 5.71. The zero-order valence-electron chi connectivity index (χ0n) is 17.3. The Bertz CT molecular complexity index is 793. The Hall–Kier alpha value is -1.99. The molecular formula is C22H30FN3O3. The number of piperidine rings is 1. The van der Waals surface area contributed by atoms with Crippen LogP contribution >= 0.6 is 0 Å². The Morgan fingerprint density at radius 3 is 2.55 bits per heavy atom. The van der Waals surface area contributed by atoms with E-state index in [0.29, 0.717) is 25.3 Å². The van der Waals surface area contributed by atoms with Crippen LogP contribution in [0.4, 0.5) is 4.39 Å². The van der Waals surface area contributed by atoms with Crippen molar-refractivity contribution in [3.05, 3.63) is 35.6 Å². The summed E-state index contributed by atoms with van der Waals surface area (Å²) >= 11 is 0. The van der Waals surface area contributed by atoms with Crippen molar-refractivity contribution in [2.24, 2.45) is 10.8 Å². The number of ether oxygens (including phenoxy) is 1. The quantitative estimate of drug-likeness (QED) is 0.770. The van der Waals surface area contributed by atoms with Crippen LogP contribution in [0, 0.1) is 16.6 Å². The zero-order valence-corrected chi connectivity index (χ0v) is 17.3. The van der Waals surface area contributed by atoms with E-state index in [2.05, 4.69) is 4.90 Å². The van der Waals surface area contributed by atoms with Crippen LogP contribution in [0.1, 0.15) is 29.6 Å². The topological polar surface area (TPSA) is 53.1 Å². The van der Waals surface area contributed by atoms with Gasteiger partial charge in [0, 0.05) is 64.4 Å². The summed E-state index contributed by atoms with van der Waals surface area (Å²) in [6, 6.07) is 5.88. The van der Waals surface area contributed by atoms with Crippen LogP contribution in [0.5, 0.6) is 0 Å². The van der Waals surface area contributed by atoms with Gasteiger partial charge in [0.2, 0.25) is 5.91 Å². The Morgan fingerprint density at radius 1 is 1.17 bits per heavy atom. The number of halogens is 1. The van der Waals surface area contributed by atoms with Gasteiger partial charge < -0.3 is 14.5 Å². The van der Waals surface area contributed by atoms with E-state index in [0.717, 1.165) is 45.4 Å². The minimum absolute atomic E-state index is 0.110. The summed E-state index contributed by atoms with van der Waals surface area (Å²) in [5.74, 6) is -0.271. The van der Waals surface area contributed by atoms with Gasteiger partial charge >= 0.3 is 0 Å². The average Bonchev–Trinajstić information content (AvgIpc) is 3.19. The second kappa shape index (κ2) is 7.69. The molecule has 0 radical (unpaired) electrons. The van der Waals surface area contributed by atoms with E-state index in [-0.39, 0.29) is 22.6 Å². The van der Waals surface area contributed by atoms with E-state index in [9.17, 15) is 14.0 Å². The fourth-order valence-corrected chi connectivity index (χ4v) is 5.71. The Balaban J connectivity index is 1.53. The lowest BCUT2D eigenvalue weighted by atomic mass is 9.60. The Labute approximate surface area is 171 Å². The first-order chi connectivity index (χ1) is 13.9. The van der Waals surface area contributed by atoms with Crippen molar-refractivity contribution >= 4 is 11.8 Å². The van der Waals surface area contributed by atoms with Gasteiger partial charge in [-0.25, -0.2) is 4.39 Å². The monoisotopic (exact) mass is 403 g/mol. The van der Waals surface area contributed by atoms with Crippen molar-refractivity contribution in [2.45, 2.75) is 19.3 Å². The minimum atomic E-state index is -0.396. The third kappa shape index (κ3) is 3.34. The summed E-state index contributed by atoms with van der Waals surface area (Å²) in [5.41, 5.74) is -0.0781. The highest BCUT2D eigenvalue weighted by Gasteiger charge is 2.64. The van der Waals surface area contributed by atoms with E-state index in [1.54, 1.807) is 19.2 Å². The molecule has 1 aromatic carbocycles. The summed E-state index contributed by atoms with van der Waals surface area (Å²) in [5, 5.41) is 0. The summed E-state index contributed by atoms with van der Waals surface area (Å²) < 4.78 is 18.8. The lowest BCUT2D eigenvalue weighted by Crippen LogP contribution is -2.53. The van der Waals surface area contributed by atoms with E-state index < -0.39 is 5.82 Å². The van der Waals surface area contributed by atoms with E-state index in [1.807, 2.05) is 16.8 Å². The first kappa shape index (κ1) is 20.3. The molecule has 6 nitrogen and oxygen atoms in total. The van der Waals surface area contributed by atoms with Gasteiger partial charge in [0.25, 0.3) is 5.91 Å². The summed E-state index contributed by atoms with van der Waals surface area (Å²) in [4.78, 5) is 32.1. The molecule has 0 saturated carbocycles. The normalized spacial score (nSPS) is 26.8. The van der Waals surface area contributed by atoms with E-state index in [4.69, 9.17) is 4.74 Å². The molecule has 0 N–H and O–H groups in total. The molecule has 3 aliphatic rings. The van der Waals surface area contributed by atoms with Crippen LogP contribution in [-0.4, -0.2) is 86.5 Å². The molecule has 0 aromatic heterocycles. The molecule has 1 unspecified atom stereocenters. The summed E-state index contributed by atoms with van der Waals surface area (Å²) in [6.07, 6.45) is 2.48. The van der Waals surface area contributed by atoms with Gasteiger partial charge in [0.15, 0.2) is 0 Å². The number of hydrogen-bond donors (Lipinski definition) is 0. The van der Waals surface area contributed by atoms with Crippen LogP contribution in [0.15, 0.2) is 24.3 Å². The molecule has 1 aromatic rings. The first-order valence-electron chi connectivity index (χ1n) is 10.4. The fraction of sp³-hybridized carbons (Fsp3) is 0.636. The molecule has 7 heteroatoms. The lowest BCUT2D eigenvalue weighted by molar-refractivity contribution is -0.141. The molecule has 158 valence electrons. The number of benzene rings is 1. The van der Waals surface area contributed by atoms with Crippen molar-refractivity contribution in [3.8, 4) is 0 Å². The van der Waals surface area contributed by atoms with Crippen LogP contribution in [0.25, 0.3) is 0 Å². The van der Waals surface area contributed by atoms with Crippen molar-refractivity contribution in [2.75, 3.05) is 60.0 Å². The molecular weight excluding hydrogens is 373 g/mol. The highest BCUT2D eigenvalue weighted by Crippen LogP contribution is 2.57. The van der Waals surface area contributed by atoms with E-state index in [1.165, 1.54) is 12.1 Å². The second-order valence-corrected chi connectivity index (χ2v) is 8.85. The zero-order chi connectivity index (χ0) is 20.6. The maximum Gasteiger partial charge on any atom is 0.253 e. The predicted octanol–water partition coefficient (Wildman–Crippen LogP) is 1.86. The van der Waals surface area contributed by atoms with Crippen LogP contribution < -0.4 is 0 Å². The summed E-state index contributed by atoms with van der Waals surface area (Å²) in [6.45, 7) is 5.13. The molecule has 2 amide bonds. The number of methoxy groups -OCH3 is 1. The van der Waals surface area contributed by atoms with Crippen molar-refractivity contribution < 1.29 is 18.7 Å². The Kier molecular flexibility index (Phi) is 5.38. The highest BCUT2D eigenvalue weighted by atomic mass is 19.1. The molecule has 3 aliphatic heterocycles. The van der Waals surface area contributed by atoms with Crippen molar-refractivity contribution in [1.82, 2.24) is 14.7 Å². The highest BCUT2D eigenvalue weighted by molar-refractivity contribution is 5.94. The minimum Gasteiger partial charge on any atom is -0.383 e. The number of nitrogens with zero attached hydrogens (tertiary/aromatic N) is 3. The second-order valence-electron chi connectivity index (χ2n) is 8.85. The lowest BCUT2D eigenvalue weighted by Gasteiger charge is -2.47. The van der Waals surface area contributed by atoms with Gasteiger partial charge in [0.1, 0.15) is 5.82 Å². The van der Waals surface area contributed by atoms with Crippen LogP contribution in [0.2, 0.25) is 0 Å². The summed E-state index contributed by atoms with van der Waals surface area (Å²) in [7, 11) is 3.60. The molecule has 29 heavy (non-hydrogen) atoms. The molecule has 3 fully saturated rings. The van der Waals surface area contributed by atoms with Crippen molar-refractivity contribution in [3.63, 3.8) is 0 Å². The van der Waals surface area contributed by atoms with Gasteiger partial charge in [-0.05, 0) is 37.5 Å². The van der Waals surface area contributed by atoms with Gasteiger partial charge in [-0.1, -0.05) is 6.07 Å². The standard InChI is InChI=1S/C22H30FN3O3/c1-24-9-8-22(20(24)28)16-25(12-13-29-2)15-21(22)6-10-26(11-7-21)19(27)17-4-3-5-18(23)14-17/h3-5,14H,6-13,15-16H2,1-2H3. The largest absolute Gasteiger partial charge is 0.383 e. The maximum atomic E-state index is 13.5. The molecule has 4 rings (SSSR count). The van der Waals surface area contributed by atoms with Gasteiger partial charge in [-0.2, -0.15) is 0 Å². The average molecular weight is 403 g/mol. The molecule has 1 atom stereocenters. The van der Waals surface area contributed by atoms with Crippen LogP contribution in [-0.2, 0) is 9.53 Å². The third-order valence-electron chi connectivity index (χ3n) is 7.36. The number of rotatable bonds is 4. The molecule has 0 aliphatic carbocycles. The Morgan fingerprint density at radius 2 is 1.93 bits per heavy atom. The van der Waals surface area contributed by atoms with Gasteiger partial charge in [0.05, 0.1) is 12.0 Å².